The first-order chi connectivity index (χ1) is 12.8. The van der Waals surface area contributed by atoms with Crippen molar-refractivity contribution in [3.05, 3.63) is 54.0 Å². The second-order valence-corrected chi connectivity index (χ2v) is 7.26. The third-order valence-corrected chi connectivity index (χ3v) is 5.47. The monoisotopic (exact) mass is 350 g/mol. The molecule has 0 radical (unpaired) electrons. The number of fused-ring (bicyclic) bond motifs is 2. The number of hydrogen-bond acceptors (Lipinski definition) is 4. The molecule has 5 rings (SSSR count). The molecule has 1 saturated heterocycles. The van der Waals surface area contributed by atoms with Crippen molar-refractivity contribution in [1.29, 1.82) is 0 Å². The lowest BCUT2D eigenvalue weighted by Gasteiger charge is -2.35. The first-order valence-corrected chi connectivity index (χ1v) is 9.30. The fraction of sp³-hybridized carbons (Fsp3) is 0.400. The Morgan fingerprint density at radius 3 is 2.88 bits per heavy atom. The Labute approximate surface area is 152 Å². The number of hydrogen-bond donors (Lipinski definition) is 0. The fourth-order valence-electron chi connectivity index (χ4n) is 4.18. The van der Waals surface area contributed by atoms with Crippen LogP contribution in [0.4, 0.5) is 0 Å². The Kier molecular flexibility index (Phi) is 3.78. The lowest BCUT2D eigenvalue weighted by molar-refractivity contribution is 0.0617. The van der Waals surface area contributed by atoms with Crippen molar-refractivity contribution in [3.8, 4) is 0 Å². The minimum atomic E-state index is -0.0416. The van der Waals surface area contributed by atoms with E-state index in [-0.39, 0.29) is 11.9 Å². The van der Waals surface area contributed by atoms with E-state index in [0.717, 1.165) is 36.3 Å². The van der Waals surface area contributed by atoms with Gasteiger partial charge in [0.1, 0.15) is 5.58 Å². The van der Waals surface area contributed by atoms with Gasteiger partial charge in [-0.05, 0) is 44.1 Å². The van der Waals surface area contributed by atoms with Crippen molar-refractivity contribution in [3.63, 3.8) is 0 Å². The molecular weight excluding hydrogens is 328 g/mol. The van der Waals surface area contributed by atoms with Crippen LogP contribution in [-0.4, -0.2) is 51.7 Å². The van der Waals surface area contributed by atoms with Gasteiger partial charge in [-0.1, -0.05) is 18.2 Å². The van der Waals surface area contributed by atoms with E-state index in [0.29, 0.717) is 18.8 Å². The smallest absolute Gasteiger partial charge is 0.290 e. The molecule has 1 atom stereocenters. The summed E-state index contributed by atoms with van der Waals surface area (Å²) in [5, 5.41) is 5.47. The SMILES string of the molecule is O=C(c1cc2ccccc2o1)N1Cc2ccnn2C(CN2CCCC2)C1. The molecule has 0 spiro atoms. The molecule has 0 bridgehead atoms. The summed E-state index contributed by atoms with van der Waals surface area (Å²) in [6.07, 6.45) is 4.36. The van der Waals surface area contributed by atoms with Crippen molar-refractivity contribution in [2.24, 2.45) is 0 Å². The second-order valence-electron chi connectivity index (χ2n) is 7.26. The van der Waals surface area contributed by atoms with Gasteiger partial charge in [-0.15, -0.1) is 0 Å². The van der Waals surface area contributed by atoms with E-state index in [4.69, 9.17) is 4.42 Å². The van der Waals surface area contributed by atoms with E-state index in [1.807, 2.05) is 47.5 Å². The van der Waals surface area contributed by atoms with Gasteiger partial charge in [0.25, 0.3) is 5.91 Å². The van der Waals surface area contributed by atoms with Gasteiger partial charge in [0.05, 0.1) is 18.3 Å². The van der Waals surface area contributed by atoms with Crippen molar-refractivity contribution >= 4 is 16.9 Å². The summed E-state index contributed by atoms with van der Waals surface area (Å²) in [5.74, 6) is 0.374. The largest absolute Gasteiger partial charge is 0.451 e. The van der Waals surface area contributed by atoms with Crippen LogP contribution in [0.5, 0.6) is 0 Å². The molecule has 0 aliphatic carbocycles. The zero-order valence-electron chi connectivity index (χ0n) is 14.7. The highest BCUT2D eigenvalue weighted by Gasteiger charge is 2.32. The van der Waals surface area contributed by atoms with E-state index in [1.165, 1.54) is 12.8 Å². The fourth-order valence-corrected chi connectivity index (χ4v) is 4.18. The number of para-hydroxylation sites is 1. The van der Waals surface area contributed by atoms with Gasteiger partial charge >= 0.3 is 0 Å². The van der Waals surface area contributed by atoms with Crippen LogP contribution >= 0.6 is 0 Å². The summed E-state index contributed by atoms with van der Waals surface area (Å²) >= 11 is 0. The van der Waals surface area contributed by atoms with Crippen LogP contribution in [-0.2, 0) is 6.54 Å². The summed E-state index contributed by atoms with van der Waals surface area (Å²) in [4.78, 5) is 17.4. The van der Waals surface area contributed by atoms with E-state index in [9.17, 15) is 4.79 Å². The molecule has 2 aliphatic rings. The van der Waals surface area contributed by atoms with Crippen LogP contribution in [0, 0.1) is 0 Å². The predicted octanol–water partition coefficient (Wildman–Crippen LogP) is 2.92. The molecule has 6 heteroatoms. The lowest BCUT2D eigenvalue weighted by Crippen LogP contribution is -2.44. The summed E-state index contributed by atoms with van der Waals surface area (Å²) in [7, 11) is 0. The first kappa shape index (κ1) is 15.6. The van der Waals surface area contributed by atoms with Gasteiger partial charge in [-0.3, -0.25) is 9.48 Å². The predicted molar refractivity (Wildman–Crippen MR) is 97.9 cm³/mol. The van der Waals surface area contributed by atoms with Crippen LogP contribution in [0.2, 0.25) is 0 Å². The molecule has 1 aromatic carbocycles. The number of carbonyl (C=O) groups excluding carboxylic acids is 1. The molecule has 2 aromatic heterocycles. The molecule has 3 aromatic rings. The van der Waals surface area contributed by atoms with Gasteiger partial charge in [-0.25, -0.2) is 0 Å². The standard InChI is InChI=1S/C20H22N4O2/c25-20(19-11-15-5-1-2-6-18(15)26-19)23-13-16-7-8-21-24(16)17(14-23)12-22-9-3-4-10-22/h1-2,5-8,11,17H,3-4,9-10,12-14H2. The number of aromatic nitrogens is 2. The quantitative estimate of drug-likeness (QED) is 0.729. The van der Waals surface area contributed by atoms with Crippen LogP contribution in [0.15, 0.2) is 47.0 Å². The zero-order valence-corrected chi connectivity index (χ0v) is 14.7. The zero-order chi connectivity index (χ0) is 17.5. The second kappa shape index (κ2) is 6.29. The number of furan rings is 1. The van der Waals surface area contributed by atoms with Gasteiger partial charge in [0, 0.05) is 24.7 Å². The maximum atomic E-state index is 13.1. The van der Waals surface area contributed by atoms with Gasteiger partial charge in [0.15, 0.2) is 5.76 Å². The highest BCUT2D eigenvalue weighted by Crippen LogP contribution is 2.26. The molecule has 1 amide bonds. The molecule has 6 nitrogen and oxygen atoms in total. The lowest BCUT2D eigenvalue weighted by atomic mass is 10.1. The Morgan fingerprint density at radius 1 is 1.19 bits per heavy atom. The first-order valence-electron chi connectivity index (χ1n) is 9.30. The maximum Gasteiger partial charge on any atom is 0.290 e. The minimum absolute atomic E-state index is 0.0416. The van der Waals surface area contributed by atoms with E-state index >= 15 is 0 Å². The van der Waals surface area contributed by atoms with Crippen molar-refractivity contribution in [2.45, 2.75) is 25.4 Å². The van der Waals surface area contributed by atoms with E-state index < -0.39 is 0 Å². The van der Waals surface area contributed by atoms with Gasteiger partial charge < -0.3 is 14.2 Å². The van der Waals surface area contributed by atoms with E-state index in [1.54, 1.807) is 0 Å². The third kappa shape index (κ3) is 2.70. The number of rotatable bonds is 3. The maximum absolute atomic E-state index is 13.1. The van der Waals surface area contributed by atoms with E-state index in [2.05, 4.69) is 14.7 Å². The number of amides is 1. The summed E-state index contributed by atoms with van der Waals surface area (Å²) in [6.45, 7) is 4.47. The topological polar surface area (TPSA) is 54.5 Å². The van der Waals surface area contributed by atoms with Crippen LogP contribution < -0.4 is 0 Å². The molecule has 0 saturated carbocycles. The van der Waals surface area contributed by atoms with Gasteiger partial charge in [0.2, 0.25) is 0 Å². The van der Waals surface area contributed by atoms with Crippen molar-refractivity contribution in [1.82, 2.24) is 19.6 Å². The highest BCUT2D eigenvalue weighted by atomic mass is 16.3. The number of benzene rings is 1. The third-order valence-electron chi connectivity index (χ3n) is 5.47. The van der Waals surface area contributed by atoms with Crippen molar-refractivity contribution in [2.75, 3.05) is 26.2 Å². The van der Waals surface area contributed by atoms with Crippen LogP contribution in [0.25, 0.3) is 11.0 Å². The normalized spacial score (nSPS) is 20.6. The summed E-state index contributed by atoms with van der Waals surface area (Å²) in [5.41, 5.74) is 1.84. The molecular formula is C20H22N4O2. The Morgan fingerprint density at radius 2 is 2.04 bits per heavy atom. The molecule has 134 valence electrons. The molecule has 2 aliphatic heterocycles. The number of likely N-dealkylation sites (tertiary alicyclic amines) is 1. The Bertz CT molecular complexity index is 905. The van der Waals surface area contributed by atoms with Crippen molar-refractivity contribution < 1.29 is 9.21 Å². The number of nitrogens with zero attached hydrogens (tertiary/aromatic N) is 4. The number of carbonyl (C=O) groups is 1. The van der Waals surface area contributed by atoms with Gasteiger partial charge in [-0.2, -0.15) is 5.10 Å². The molecule has 1 fully saturated rings. The average Bonchev–Trinajstić information content (AvgIpc) is 3.40. The Hall–Kier alpha value is -2.60. The minimum Gasteiger partial charge on any atom is -0.451 e. The molecule has 1 unspecified atom stereocenters. The summed E-state index contributed by atoms with van der Waals surface area (Å²) < 4.78 is 7.90. The average molecular weight is 350 g/mol. The highest BCUT2D eigenvalue weighted by molar-refractivity contribution is 5.96. The molecule has 0 N–H and O–H groups in total. The summed E-state index contributed by atoms with van der Waals surface area (Å²) in [6, 6.07) is 11.8. The van der Waals surface area contributed by atoms with Crippen LogP contribution in [0.1, 0.15) is 35.1 Å². The Balaban J connectivity index is 1.41. The molecule has 26 heavy (non-hydrogen) atoms. The van der Waals surface area contributed by atoms with Crippen LogP contribution in [0.3, 0.4) is 0 Å². The molecule has 4 heterocycles.